The second-order valence-electron chi connectivity index (χ2n) is 5.86. The first-order valence-electron chi connectivity index (χ1n) is 8.06. The van der Waals surface area contributed by atoms with Crippen molar-refractivity contribution >= 4 is 17.5 Å². The van der Waals surface area contributed by atoms with Gasteiger partial charge in [0, 0.05) is 6.54 Å². The Morgan fingerprint density at radius 1 is 1.16 bits per heavy atom. The van der Waals surface area contributed by atoms with Crippen molar-refractivity contribution in [2.75, 3.05) is 19.0 Å². The fourth-order valence-corrected chi connectivity index (χ4v) is 2.83. The number of hydrogen-bond acceptors (Lipinski definition) is 4. The van der Waals surface area contributed by atoms with E-state index >= 15 is 0 Å². The second kappa shape index (κ2) is 7.34. The van der Waals surface area contributed by atoms with Gasteiger partial charge in [-0.1, -0.05) is 24.3 Å². The van der Waals surface area contributed by atoms with Gasteiger partial charge in [-0.3, -0.25) is 14.5 Å². The van der Waals surface area contributed by atoms with Crippen LogP contribution in [-0.2, 0) is 16.0 Å². The topological polar surface area (TPSA) is 58.6 Å². The van der Waals surface area contributed by atoms with Crippen LogP contribution in [0.3, 0.4) is 0 Å². The molecule has 1 N–H and O–H groups in total. The van der Waals surface area contributed by atoms with Crippen molar-refractivity contribution in [1.82, 2.24) is 4.90 Å². The maximum Gasteiger partial charge on any atom is 0.252 e. The van der Waals surface area contributed by atoms with Crippen LogP contribution in [0.15, 0.2) is 48.5 Å². The number of likely N-dealkylation sites (tertiary alicyclic amines) is 1. The molecule has 2 amide bonds. The molecule has 1 fully saturated rings. The van der Waals surface area contributed by atoms with E-state index in [0.717, 1.165) is 11.3 Å². The summed E-state index contributed by atoms with van der Waals surface area (Å²) in [5.41, 5.74) is 1.23. The minimum absolute atomic E-state index is 0.0375. The molecule has 5 nitrogen and oxygen atoms in total. The van der Waals surface area contributed by atoms with Crippen LogP contribution in [0.25, 0.3) is 0 Å². The third kappa shape index (κ3) is 3.79. The maximum atomic E-state index is 13.7. The highest BCUT2D eigenvalue weighted by Gasteiger charge is 2.38. The zero-order valence-electron chi connectivity index (χ0n) is 13.9. The molecule has 6 heteroatoms. The second-order valence-corrected chi connectivity index (χ2v) is 5.86. The van der Waals surface area contributed by atoms with E-state index in [4.69, 9.17) is 4.74 Å². The standard InChI is InChI=1S/C19H19FN2O3/c1-25-14-8-6-13(7-9-14)10-11-22-18(23)12-17(19(22)24)21-16-5-3-2-4-15(16)20/h2-9,17,21H,10-12H2,1H3/t17-/m1/s1. The van der Waals surface area contributed by atoms with Gasteiger partial charge in [-0.25, -0.2) is 4.39 Å². The van der Waals surface area contributed by atoms with Gasteiger partial charge in [0.1, 0.15) is 17.6 Å². The SMILES string of the molecule is COc1ccc(CCN2C(=O)C[C@@H](Nc3ccccc3F)C2=O)cc1. The summed E-state index contributed by atoms with van der Waals surface area (Å²) in [7, 11) is 1.60. The minimum Gasteiger partial charge on any atom is -0.497 e. The molecule has 3 rings (SSSR count). The highest BCUT2D eigenvalue weighted by molar-refractivity contribution is 6.06. The van der Waals surface area contributed by atoms with E-state index in [-0.39, 0.29) is 23.9 Å². The molecule has 2 aromatic rings. The lowest BCUT2D eigenvalue weighted by Gasteiger charge is -2.16. The number of carbonyl (C=O) groups is 2. The van der Waals surface area contributed by atoms with E-state index < -0.39 is 11.9 Å². The largest absolute Gasteiger partial charge is 0.497 e. The average Bonchev–Trinajstić information content (AvgIpc) is 2.89. The number of hydrogen-bond donors (Lipinski definition) is 1. The highest BCUT2D eigenvalue weighted by atomic mass is 19.1. The lowest BCUT2D eigenvalue weighted by molar-refractivity contribution is -0.138. The van der Waals surface area contributed by atoms with E-state index in [1.807, 2.05) is 24.3 Å². The molecule has 0 spiro atoms. The third-order valence-electron chi connectivity index (χ3n) is 4.23. The predicted octanol–water partition coefficient (Wildman–Crippen LogP) is 2.62. The number of ether oxygens (including phenoxy) is 1. The van der Waals surface area contributed by atoms with Gasteiger partial charge in [0.2, 0.25) is 5.91 Å². The maximum absolute atomic E-state index is 13.7. The van der Waals surface area contributed by atoms with Crippen molar-refractivity contribution in [3.63, 3.8) is 0 Å². The Hall–Kier alpha value is -2.89. The van der Waals surface area contributed by atoms with Crippen LogP contribution in [0, 0.1) is 5.82 Å². The Morgan fingerprint density at radius 2 is 1.88 bits per heavy atom. The normalized spacial score (nSPS) is 17.0. The van der Waals surface area contributed by atoms with Gasteiger partial charge in [0.25, 0.3) is 5.91 Å². The minimum atomic E-state index is -0.722. The monoisotopic (exact) mass is 342 g/mol. The van der Waals surface area contributed by atoms with Gasteiger partial charge in [0.15, 0.2) is 0 Å². The van der Waals surface area contributed by atoms with Crippen LogP contribution >= 0.6 is 0 Å². The van der Waals surface area contributed by atoms with Crippen LogP contribution in [0.1, 0.15) is 12.0 Å². The van der Waals surface area contributed by atoms with Crippen LogP contribution in [0.5, 0.6) is 5.75 Å². The van der Waals surface area contributed by atoms with Crippen LogP contribution < -0.4 is 10.1 Å². The molecule has 0 aliphatic carbocycles. The average molecular weight is 342 g/mol. The quantitative estimate of drug-likeness (QED) is 0.820. The van der Waals surface area contributed by atoms with E-state index in [9.17, 15) is 14.0 Å². The molecule has 0 saturated carbocycles. The number of imide groups is 1. The first-order chi connectivity index (χ1) is 12.1. The number of nitrogens with zero attached hydrogens (tertiary/aromatic N) is 1. The number of para-hydroxylation sites is 1. The summed E-state index contributed by atoms with van der Waals surface area (Å²) in [4.78, 5) is 25.8. The lowest BCUT2D eigenvalue weighted by atomic mass is 10.1. The number of amides is 2. The molecule has 1 heterocycles. The van der Waals surface area contributed by atoms with Gasteiger partial charge < -0.3 is 10.1 Å². The van der Waals surface area contributed by atoms with Crippen LogP contribution in [-0.4, -0.2) is 36.4 Å². The Kier molecular flexibility index (Phi) is 4.97. The summed E-state index contributed by atoms with van der Waals surface area (Å²) in [5.74, 6) is -0.250. The Balaban J connectivity index is 1.62. The molecule has 1 atom stereocenters. The summed E-state index contributed by atoms with van der Waals surface area (Å²) in [5, 5.41) is 2.83. The number of rotatable bonds is 6. The molecular weight excluding hydrogens is 323 g/mol. The number of carbonyl (C=O) groups excluding carboxylic acids is 2. The summed E-state index contributed by atoms with van der Waals surface area (Å²) in [6, 6.07) is 12.9. The first-order valence-corrected chi connectivity index (χ1v) is 8.06. The van der Waals surface area contributed by atoms with E-state index in [2.05, 4.69) is 5.32 Å². The zero-order chi connectivity index (χ0) is 17.8. The molecule has 0 radical (unpaired) electrons. The number of benzene rings is 2. The van der Waals surface area contributed by atoms with Crippen molar-refractivity contribution in [3.8, 4) is 5.75 Å². The van der Waals surface area contributed by atoms with Gasteiger partial charge >= 0.3 is 0 Å². The summed E-state index contributed by atoms with van der Waals surface area (Å²) in [6.45, 7) is 0.305. The summed E-state index contributed by atoms with van der Waals surface area (Å²) < 4.78 is 18.8. The molecule has 1 saturated heterocycles. The molecule has 0 aromatic heterocycles. The molecule has 1 aliphatic rings. The lowest BCUT2D eigenvalue weighted by Crippen LogP contribution is -2.36. The third-order valence-corrected chi connectivity index (χ3v) is 4.23. The zero-order valence-corrected chi connectivity index (χ0v) is 13.9. The molecule has 0 bridgehead atoms. The molecule has 1 aliphatic heterocycles. The van der Waals surface area contributed by atoms with E-state index in [1.165, 1.54) is 11.0 Å². The smallest absolute Gasteiger partial charge is 0.252 e. The highest BCUT2D eigenvalue weighted by Crippen LogP contribution is 2.21. The van der Waals surface area contributed by atoms with Crippen molar-refractivity contribution in [3.05, 3.63) is 59.9 Å². The first kappa shape index (κ1) is 17.0. The van der Waals surface area contributed by atoms with Crippen molar-refractivity contribution < 1.29 is 18.7 Å². The fraction of sp³-hybridized carbons (Fsp3) is 0.263. The molecule has 0 unspecified atom stereocenters. The number of methoxy groups -OCH3 is 1. The van der Waals surface area contributed by atoms with Crippen molar-refractivity contribution in [1.29, 1.82) is 0 Å². The Morgan fingerprint density at radius 3 is 2.56 bits per heavy atom. The molecular formula is C19H19FN2O3. The molecule has 130 valence electrons. The van der Waals surface area contributed by atoms with Gasteiger partial charge in [-0.15, -0.1) is 0 Å². The van der Waals surface area contributed by atoms with Gasteiger partial charge in [-0.2, -0.15) is 0 Å². The number of anilines is 1. The number of nitrogens with one attached hydrogen (secondary N) is 1. The fourth-order valence-electron chi connectivity index (χ4n) is 2.83. The Bertz CT molecular complexity index is 776. The van der Waals surface area contributed by atoms with Crippen molar-refractivity contribution in [2.24, 2.45) is 0 Å². The van der Waals surface area contributed by atoms with Crippen LogP contribution in [0.2, 0.25) is 0 Å². The van der Waals surface area contributed by atoms with Crippen molar-refractivity contribution in [2.45, 2.75) is 18.9 Å². The molecule has 2 aromatic carbocycles. The summed E-state index contributed by atoms with van der Waals surface area (Å²) >= 11 is 0. The predicted molar refractivity (Wildman–Crippen MR) is 91.8 cm³/mol. The number of halogens is 1. The van der Waals surface area contributed by atoms with Crippen LogP contribution in [0.4, 0.5) is 10.1 Å². The van der Waals surface area contributed by atoms with Gasteiger partial charge in [-0.05, 0) is 36.2 Å². The Labute approximate surface area is 145 Å². The van der Waals surface area contributed by atoms with E-state index in [0.29, 0.717) is 13.0 Å². The molecule has 25 heavy (non-hydrogen) atoms. The van der Waals surface area contributed by atoms with E-state index in [1.54, 1.807) is 25.3 Å². The summed E-state index contributed by atoms with van der Waals surface area (Å²) in [6.07, 6.45) is 0.601. The van der Waals surface area contributed by atoms with Gasteiger partial charge in [0.05, 0.1) is 19.2 Å².